The number of carbonyl (C=O) groups excluding carboxylic acids is 1. The van der Waals surface area contributed by atoms with Crippen molar-refractivity contribution in [3.8, 4) is 0 Å². The van der Waals surface area contributed by atoms with Crippen LogP contribution in [-0.2, 0) is 0 Å². The van der Waals surface area contributed by atoms with Crippen LogP contribution in [0, 0.1) is 0 Å². The lowest BCUT2D eigenvalue weighted by molar-refractivity contribution is 0.182. The molecule has 0 aromatic heterocycles. The number of carbonyl (C=O) groups is 1. The van der Waals surface area contributed by atoms with Crippen molar-refractivity contribution < 1.29 is 4.79 Å². The Morgan fingerprint density at radius 2 is 1.79 bits per heavy atom. The SMILES string of the molecule is CN(C(=O)NC(C)(C)C)C1CCCC1. The van der Waals surface area contributed by atoms with E-state index in [4.69, 9.17) is 0 Å². The van der Waals surface area contributed by atoms with Gasteiger partial charge >= 0.3 is 6.03 Å². The summed E-state index contributed by atoms with van der Waals surface area (Å²) < 4.78 is 0. The van der Waals surface area contributed by atoms with Crippen LogP contribution in [0.5, 0.6) is 0 Å². The Balaban J connectivity index is 2.43. The van der Waals surface area contributed by atoms with Crippen LogP contribution in [0.3, 0.4) is 0 Å². The Kier molecular flexibility index (Phi) is 3.40. The summed E-state index contributed by atoms with van der Waals surface area (Å²) in [5.41, 5.74) is -0.135. The van der Waals surface area contributed by atoms with Gasteiger partial charge in [-0.2, -0.15) is 0 Å². The average Bonchev–Trinajstić information content (AvgIpc) is 2.51. The number of nitrogens with one attached hydrogen (secondary N) is 1. The topological polar surface area (TPSA) is 32.3 Å². The van der Waals surface area contributed by atoms with Gasteiger partial charge in [-0.15, -0.1) is 0 Å². The summed E-state index contributed by atoms with van der Waals surface area (Å²) in [7, 11) is 1.90. The summed E-state index contributed by atoms with van der Waals surface area (Å²) in [4.78, 5) is 13.6. The fourth-order valence-electron chi connectivity index (χ4n) is 1.87. The first-order chi connectivity index (χ1) is 6.40. The fraction of sp³-hybridized carbons (Fsp3) is 0.909. The maximum Gasteiger partial charge on any atom is 0.317 e. The summed E-state index contributed by atoms with van der Waals surface area (Å²) in [6, 6.07) is 0.516. The summed E-state index contributed by atoms with van der Waals surface area (Å²) in [5.74, 6) is 0. The van der Waals surface area contributed by atoms with Crippen LogP contribution in [0.2, 0.25) is 0 Å². The van der Waals surface area contributed by atoms with Crippen molar-refractivity contribution in [1.29, 1.82) is 0 Å². The number of nitrogens with zero attached hydrogens (tertiary/aromatic N) is 1. The van der Waals surface area contributed by atoms with Gasteiger partial charge in [0.1, 0.15) is 0 Å². The molecule has 0 aromatic carbocycles. The highest BCUT2D eigenvalue weighted by Crippen LogP contribution is 2.22. The summed E-state index contributed by atoms with van der Waals surface area (Å²) in [6.07, 6.45) is 4.84. The van der Waals surface area contributed by atoms with Gasteiger partial charge in [0.2, 0.25) is 0 Å². The van der Waals surface area contributed by atoms with Gasteiger partial charge in [0, 0.05) is 18.6 Å². The molecule has 0 radical (unpaired) electrons. The van der Waals surface area contributed by atoms with Gasteiger partial charge in [-0.25, -0.2) is 4.79 Å². The molecule has 2 amide bonds. The second kappa shape index (κ2) is 4.20. The van der Waals surface area contributed by atoms with Crippen molar-refractivity contribution in [2.75, 3.05) is 7.05 Å². The fourth-order valence-corrected chi connectivity index (χ4v) is 1.87. The molecule has 0 atom stereocenters. The number of rotatable bonds is 1. The number of amides is 2. The molecule has 0 aliphatic heterocycles. The summed E-state index contributed by atoms with van der Waals surface area (Å²) in [6.45, 7) is 6.02. The third-order valence-electron chi connectivity index (χ3n) is 2.67. The highest BCUT2D eigenvalue weighted by molar-refractivity contribution is 5.75. The predicted octanol–water partition coefficient (Wildman–Crippen LogP) is 2.37. The first-order valence-corrected chi connectivity index (χ1v) is 5.45. The number of hydrogen-bond acceptors (Lipinski definition) is 1. The Morgan fingerprint density at radius 1 is 1.29 bits per heavy atom. The Morgan fingerprint density at radius 3 is 2.21 bits per heavy atom. The first-order valence-electron chi connectivity index (χ1n) is 5.45. The van der Waals surface area contributed by atoms with E-state index in [1.54, 1.807) is 0 Å². The van der Waals surface area contributed by atoms with Crippen molar-refractivity contribution in [1.82, 2.24) is 10.2 Å². The van der Waals surface area contributed by atoms with Gasteiger partial charge in [0.05, 0.1) is 0 Å². The molecule has 1 saturated carbocycles. The van der Waals surface area contributed by atoms with E-state index in [1.807, 2.05) is 32.7 Å². The minimum atomic E-state index is -0.135. The first kappa shape index (κ1) is 11.3. The maximum atomic E-state index is 11.8. The van der Waals surface area contributed by atoms with Crippen LogP contribution in [0.15, 0.2) is 0 Å². The van der Waals surface area contributed by atoms with Crippen molar-refractivity contribution in [2.45, 2.75) is 58.0 Å². The lowest BCUT2D eigenvalue weighted by Gasteiger charge is -2.29. The van der Waals surface area contributed by atoms with Gasteiger partial charge in [-0.1, -0.05) is 12.8 Å². The molecule has 1 rings (SSSR count). The van der Waals surface area contributed by atoms with Crippen LogP contribution in [-0.4, -0.2) is 29.6 Å². The third-order valence-corrected chi connectivity index (χ3v) is 2.67. The number of urea groups is 1. The molecule has 1 fully saturated rings. The quantitative estimate of drug-likeness (QED) is 0.689. The van der Waals surface area contributed by atoms with Crippen molar-refractivity contribution >= 4 is 6.03 Å². The molecule has 1 aliphatic carbocycles. The minimum absolute atomic E-state index is 0.0596. The van der Waals surface area contributed by atoms with Gasteiger partial charge in [0.25, 0.3) is 0 Å². The smallest absolute Gasteiger partial charge is 0.317 e. The van der Waals surface area contributed by atoms with E-state index < -0.39 is 0 Å². The van der Waals surface area contributed by atoms with Crippen molar-refractivity contribution in [3.63, 3.8) is 0 Å². The Hall–Kier alpha value is -0.730. The highest BCUT2D eigenvalue weighted by Gasteiger charge is 2.25. The molecule has 1 N–H and O–H groups in total. The molecule has 0 unspecified atom stereocenters. The third kappa shape index (κ3) is 3.20. The lowest BCUT2D eigenvalue weighted by Crippen LogP contribution is -2.49. The molecule has 0 saturated heterocycles. The zero-order chi connectivity index (χ0) is 10.8. The Labute approximate surface area is 86.9 Å². The largest absolute Gasteiger partial charge is 0.333 e. The average molecular weight is 198 g/mol. The normalized spacial score (nSPS) is 18.3. The standard InChI is InChI=1S/C11H22N2O/c1-11(2,3)12-10(14)13(4)9-7-5-6-8-9/h9H,5-8H2,1-4H3,(H,12,14). The molecule has 1 aliphatic rings. The summed E-state index contributed by atoms with van der Waals surface area (Å²) in [5, 5.41) is 2.98. The van der Waals surface area contributed by atoms with E-state index >= 15 is 0 Å². The van der Waals surface area contributed by atoms with E-state index in [0.717, 1.165) is 12.8 Å². The highest BCUT2D eigenvalue weighted by atomic mass is 16.2. The van der Waals surface area contributed by atoms with Crippen molar-refractivity contribution in [2.24, 2.45) is 0 Å². The molecular weight excluding hydrogens is 176 g/mol. The molecule has 0 aromatic rings. The second-order valence-corrected chi connectivity index (χ2v) is 5.23. The molecule has 82 valence electrons. The molecule has 0 bridgehead atoms. The molecule has 14 heavy (non-hydrogen) atoms. The van der Waals surface area contributed by atoms with Crippen LogP contribution in [0.1, 0.15) is 46.5 Å². The second-order valence-electron chi connectivity index (χ2n) is 5.23. The van der Waals surface area contributed by atoms with Crippen LogP contribution in [0.25, 0.3) is 0 Å². The Bertz CT molecular complexity index is 202. The molecule has 0 spiro atoms. The predicted molar refractivity (Wildman–Crippen MR) is 58.3 cm³/mol. The van der Waals surface area contributed by atoms with Gasteiger partial charge in [0.15, 0.2) is 0 Å². The summed E-state index contributed by atoms with van der Waals surface area (Å²) >= 11 is 0. The minimum Gasteiger partial charge on any atom is -0.333 e. The van der Waals surface area contributed by atoms with Gasteiger partial charge in [-0.3, -0.25) is 0 Å². The lowest BCUT2D eigenvalue weighted by atomic mass is 10.1. The van der Waals surface area contributed by atoms with Gasteiger partial charge < -0.3 is 10.2 Å². The van der Waals surface area contributed by atoms with Crippen LogP contribution < -0.4 is 5.32 Å². The number of hydrogen-bond donors (Lipinski definition) is 1. The molecule has 3 heteroatoms. The van der Waals surface area contributed by atoms with E-state index in [0.29, 0.717) is 6.04 Å². The zero-order valence-corrected chi connectivity index (χ0v) is 9.76. The van der Waals surface area contributed by atoms with Gasteiger partial charge in [-0.05, 0) is 33.6 Å². The van der Waals surface area contributed by atoms with E-state index in [9.17, 15) is 4.79 Å². The van der Waals surface area contributed by atoms with Crippen LogP contribution >= 0.6 is 0 Å². The zero-order valence-electron chi connectivity index (χ0n) is 9.76. The van der Waals surface area contributed by atoms with E-state index in [1.165, 1.54) is 12.8 Å². The molecular formula is C11H22N2O. The monoisotopic (exact) mass is 198 g/mol. The van der Waals surface area contributed by atoms with Crippen LogP contribution in [0.4, 0.5) is 4.79 Å². The van der Waals surface area contributed by atoms with Crippen molar-refractivity contribution in [3.05, 3.63) is 0 Å². The van der Waals surface area contributed by atoms with E-state index in [-0.39, 0.29) is 11.6 Å². The maximum absolute atomic E-state index is 11.8. The van der Waals surface area contributed by atoms with E-state index in [2.05, 4.69) is 5.32 Å². The molecule has 0 heterocycles. The molecule has 3 nitrogen and oxygen atoms in total.